The van der Waals surface area contributed by atoms with Crippen LogP contribution in [0.4, 0.5) is 0 Å². The Balaban J connectivity index is 1.52. The number of nitrogens with zero attached hydrogens (tertiary/aromatic N) is 2. The molecule has 0 aromatic carbocycles. The molecule has 4 fully saturated rings. The third-order valence-corrected chi connectivity index (χ3v) is 9.39. The number of rotatable bonds is 5. The SMILES string of the molecule is O=C(O)CCCC(=O)N=C1S[C@H]2CS(=O)(=O)C[C@H]2N1[C@H]1C[C@H]2CC[C@H]1C2. The van der Waals surface area contributed by atoms with E-state index in [9.17, 15) is 18.0 Å². The molecule has 4 aliphatic rings. The first kappa shape index (κ1) is 18.3. The first-order valence-corrected chi connectivity index (χ1v) is 12.0. The molecule has 9 heteroatoms. The van der Waals surface area contributed by atoms with Crippen LogP contribution in [0.3, 0.4) is 0 Å². The first-order valence-electron chi connectivity index (χ1n) is 9.31. The van der Waals surface area contributed by atoms with Crippen LogP contribution in [-0.2, 0) is 19.4 Å². The van der Waals surface area contributed by atoms with Crippen molar-refractivity contribution in [3.63, 3.8) is 0 Å². The standard InChI is InChI=1S/C17H24N2O5S2/c20-15(2-1-3-16(21)22)18-17-19(12-7-10-4-5-11(12)6-10)13-8-26(23,24)9-14(13)25-17/h10-14H,1-9H2,(H,21,22)/t10-,11-,12-,13+,14-/m0/s1. The van der Waals surface area contributed by atoms with Crippen LogP contribution in [0.5, 0.6) is 0 Å². The molecule has 0 radical (unpaired) electrons. The van der Waals surface area contributed by atoms with E-state index < -0.39 is 15.8 Å². The molecule has 2 saturated heterocycles. The van der Waals surface area contributed by atoms with E-state index in [4.69, 9.17) is 5.11 Å². The summed E-state index contributed by atoms with van der Waals surface area (Å²) in [5, 5.41) is 9.33. The highest BCUT2D eigenvalue weighted by Crippen LogP contribution is 2.51. The largest absolute Gasteiger partial charge is 0.481 e. The van der Waals surface area contributed by atoms with Crippen LogP contribution in [0, 0.1) is 11.8 Å². The maximum Gasteiger partial charge on any atom is 0.303 e. The van der Waals surface area contributed by atoms with Gasteiger partial charge in [-0.05, 0) is 37.5 Å². The Morgan fingerprint density at radius 1 is 1.15 bits per heavy atom. The smallest absolute Gasteiger partial charge is 0.303 e. The summed E-state index contributed by atoms with van der Waals surface area (Å²) in [6, 6.07) is 0.232. The van der Waals surface area contributed by atoms with Crippen LogP contribution in [-0.4, -0.2) is 64.3 Å². The van der Waals surface area contributed by atoms with Crippen molar-refractivity contribution in [3.05, 3.63) is 0 Å². The molecule has 1 amide bonds. The van der Waals surface area contributed by atoms with Crippen LogP contribution in [0.1, 0.15) is 44.9 Å². The summed E-state index contributed by atoms with van der Waals surface area (Å²) in [6.45, 7) is 0. The predicted octanol–water partition coefficient (Wildman–Crippen LogP) is 1.53. The zero-order valence-electron chi connectivity index (χ0n) is 14.5. The third-order valence-electron chi connectivity index (χ3n) is 6.17. The molecule has 2 heterocycles. The summed E-state index contributed by atoms with van der Waals surface area (Å²) >= 11 is 1.43. The van der Waals surface area contributed by atoms with E-state index in [1.807, 2.05) is 0 Å². The Bertz CT molecular complexity index is 750. The lowest BCUT2D eigenvalue weighted by Crippen LogP contribution is -2.47. The van der Waals surface area contributed by atoms with Gasteiger partial charge in [0.15, 0.2) is 15.0 Å². The van der Waals surface area contributed by atoms with E-state index >= 15 is 0 Å². The molecule has 2 bridgehead atoms. The number of thioether (sulfide) groups is 1. The second-order valence-corrected chi connectivity index (χ2v) is 11.3. The number of carbonyl (C=O) groups is 2. The van der Waals surface area contributed by atoms with Gasteiger partial charge in [0.1, 0.15) is 0 Å². The molecular weight excluding hydrogens is 376 g/mol. The summed E-state index contributed by atoms with van der Waals surface area (Å²) in [7, 11) is -3.02. The number of carboxylic acids is 1. The molecule has 5 atom stereocenters. The van der Waals surface area contributed by atoms with Gasteiger partial charge in [0.2, 0.25) is 5.91 Å². The van der Waals surface area contributed by atoms with Crippen molar-refractivity contribution in [1.29, 1.82) is 0 Å². The Morgan fingerprint density at radius 3 is 2.62 bits per heavy atom. The zero-order chi connectivity index (χ0) is 18.5. The third kappa shape index (κ3) is 3.52. The number of carbonyl (C=O) groups excluding carboxylic acids is 1. The maximum atomic E-state index is 12.2. The van der Waals surface area contributed by atoms with Gasteiger partial charge in [-0.1, -0.05) is 18.2 Å². The van der Waals surface area contributed by atoms with E-state index in [-0.39, 0.29) is 48.0 Å². The summed E-state index contributed by atoms with van der Waals surface area (Å²) in [4.78, 5) is 29.3. The van der Waals surface area contributed by atoms with E-state index in [0.717, 1.165) is 12.3 Å². The van der Waals surface area contributed by atoms with Crippen LogP contribution in [0.2, 0.25) is 0 Å². The average Bonchev–Trinajstić information content (AvgIpc) is 3.26. The molecule has 2 aliphatic heterocycles. The summed E-state index contributed by atoms with van der Waals surface area (Å²) in [5.41, 5.74) is 0. The molecule has 26 heavy (non-hydrogen) atoms. The normalized spacial score (nSPS) is 38.8. The Kier molecular flexibility index (Phi) is 4.79. The van der Waals surface area contributed by atoms with Gasteiger partial charge < -0.3 is 10.0 Å². The fourth-order valence-electron chi connectivity index (χ4n) is 5.08. The van der Waals surface area contributed by atoms with Gasteiger partial charge in [-0.15, -0.1) is 0 Å². The molecule has 0 aromatic rings. The van der Waals surface area contributed by atoms with Gasteiger partial charge in [-0.3, -0.25) is 9.59 Å². The van der Waals surface area contributed by atoms with E-state index in [0.29, 0.717) is 17.1 Å². The fraction of sp³-hybridized carbons (Fsp3) is 0.824. The summed E-state index contributed by atoms with van der Waals surface area (Å²) < 4.78 is 24.2. The highest BCUT2D eigenvalue weighted by molar-refractivity contribution is 8.15. The summed E-state index contributed by atoms with van der Waals surface area (Å²) in [6.07, 6.45) is 5.08. The molecule has 2 saturated carbocycles. The molecule has 1 N–H and O–H groups in total. The lowest BCUT2D eigenvalue weighted by Gasteiger charge is -2.36. The van der Waals surface area contributed by atoms with Crippen LogP contribution >= 0.6 is 11.8 Å². The number of hydrogen-bond donors (Lipinski definition) is 1. The van der Waals surface area contributed by atoms with E-state index in [1.54, 1.807) is 0 Å². The first-order chi connectivity index (χ1) is 12.3. The van der Waals surface area contributed by atoms with Crippen molar-refractivity contribution >= 4 is 38.6 Å². The van der Waals surface area contributed by atoms with Crippen LogP contribution in [0.25, 0.3) is 0 Å². The highest BCUT2D eigenvalue weighted by atomic mass is 32.2. The molecule has 144 valence electrons. The predicted molar refractivity (Wildman–Crippen MR) is 98.8 cm³/mol. The Hall–Kier alpha value is -1.09. The number of sulfone groups is 1. The minimum Gasteiger partial charge on any atom is -0.481 e. The van der Waals surface area contributed by atoms with Crippen molar-refractivity contribution in [3.8, 4) is 0 Å². The topological polar surface area (TPSA) is 104 Å². The van der Waals surface area contributed by atoms with Crippen molar-refractivity contribution in [1.82, 2.24) is 4.90 Å². The minimum absolute atomic E-state index is 0.0373. The van der Waals surface area contributed by atoms with Gasteiger partial charge in [0, 0.05) is 24.1 Å². The van der Waals surface area contributed by atoms with Crippen molar-refractivity contribution < 1.29 is 23.1 Å². The average molecular weight is 401 g/mol. The Morgan fingerprint density at radius 2 is 1.96 bits per heavy atom. The fourth-order valence-corrected chi connectivity index (χ4v) is 9.07. The van der Waals surface area contributed by atoms with E-state index in [2.05, 4.69) is 9.89 Å². The second kappa shape index (κ2) is 6.82. The molecule has 7 nitrogen and oxygen atoms in total. The quantitative estimate of drug-likeness (QED) is 0.746. The number of aliphatic carboxylic acids is 1. The minimum atomic E-state index is -3.02. The van der Waals surface area contributed by atoms with Gasteiger partial charge >= 0.3 is 5.97 Å². The monoisotopic (exact) mass is 400 g/mol. The molecule has 2 aliphatic carbocycles. The van der Waals surface area contributed by atoms with Crippen molar-refractivity contribution in [2.45, 2.75) is 62.3 Å². The lowest BCUT2D eigenvalue weighted by molar-refractivity contribution is -0.137. The van der Waals surface area contributed by atoms with Gasteiger partial charge in [0.25, 0.3) is 0 Å². The number of fused-ring (bicyclic) bond motifs is 3. The lowest BCUT2D eigenvalue weighted by atomic mass is 9.93. The Labute approximate surface area is 157 Å². The molecule has 0 aromatic heterocycles. The molecule has 4 rings (SSSR count). The van der Waals surface area contributed by atoms with Crippen LogP contribution < -0.4 is 0 Å². The molecule has 0 unspecified atom stereocenters. The number of amides is 1. The number of amidine groups is 1. The number of hydrogen-bond acceptors (Lipinski definition) is 5. The van der Waals surface area contributed by atoms with Gasteiger partial charge in [0.05, 0.1) is 17.5 Å². The maximum absolute atomic E-state index is 12.2. The van der Waals surface area contributed by atoms with Gasteiger partial charge in [-0.2, -0.15) is 4.99 Å². The van der Waals surface area contributed by atoms with Gasteiger partial charge in [-0.25, -0.2) is 8.42 Å². The van der Waals surface area contributed by atoms with Crippen molar-refractivity contribution in [2.75, 3.05) is 11.5 Å². The molecule has 0 spiro atoms. The zero-order valence-corrected chi connectivity index (χ0v) is 16.2. The summed E-state index contributed by atoms with van der Waals surface area (Å²) in [5.74, 6) is 0.403. The van der Waals surface area contributed by atoms with E-state index in [1.165, 1.54) is 31.0 Å². The number of carboxylic acid groups (broad SMARTS) is 1. The van der Waals surface area contributed by atoms with Crippen LogP contribution in [0.15, 0.2) is 4.99 Å². The number of aliphatic imine (C=N–C) groups is 1. The van der Waals surface area contributed by atoms with Crippen molar-refractivity contribution in [2.24, 2.45) is 16.8 Å². The second-order valence-electron chi connectivity index (χ2n) is 7.99. The highest BCUT2D eigenvalue weighted by Gasteiger charge is 2.54. The molecular formula is C17H24N2O5S2.